The summed E-state index contributed by atoms with van der Waals surface area (Å²) in [4.78, 5) is 0. The van der Waals surface area contributed by atoms with E-state index in [0.717, 1.165) is 28.3 Å². The maximum atomic E-state index is 7.00. The SMILES string of the molecule is c1ccc(-c2ccc(-n3c4ccccc4c4cc(-c5cccc6c5Oc5ccccc5C65c6ccccc6-c6ccccc65)ccc43)cc2)cc1. The van der Waals surface area contributed by atoms with E-state index in [4.69, 9.17) is 4.74 Å². The number of hydrogen-bond donors (Lipinski definition) is 0. The Morgan fingerprint density at radius 3 is 1.73 bits per heavy atom. The maximum absolute atomic E-state index is 7.00. The number of rotatable bonds is 3. The van der Waals surface area contributed by atoms with Gasteiger partial charge in [-0.2, -0.15) is 0 Å². The van der Waals surface area contributed by atoms with Crippen molar-refractivity contribution in [3.8, 4) is 50.6 Å². The molecule has 1 aromatic heterocycles. The van der Waals surface area contributed by atoms with Gasteiger partial charge in [-0.05, 0) is 75.3 Å². The zero-order chi connectivity index (χ0) is 33.5. The van der Waals surface area contributed by atoms with Crippen LogP contribution in [-0.4, -0.2) is 4.57 Å². The van der Waals surface area contributed by atoms with Crippen LogP contribution in [0.5, 0.6) is 11.5 Å². The van der Waals surface area contributed by atoms with Crippen LogP contribution in [0.3, 0.4) is 0 Å². The highest BCUT2D eigenvalue weighted by molar-refractivity contribution is 6.10. The molecule has 2 heterocycles. The van der Waals surface area contributed by atoms with E-state index < -0.39 is 5.41 Å². The van der Waals surface area contributed by atoms with Crippen LogP contribution in [0.15, 0.2) is 188 Å². The minimum absolute atomic E-state index is 0.487. The number of fused-ring (bicyclic) bond motifs is 12. The first-order chi connectivity index (χ1) is 25.3. The fraction of sp³-hybridized carbons (Fsp3) is 0.0204. The van der Waals surface area contributed by atoms with Crippen molar-refractivity contribution < 1.29 is 4.74 Å². The molecule has 0 N–H and O–H groups in total. The summed E-state index contributed by atoms with van der Waals surface area (Å²) in [5.74, 6) is 1.82. The van der Waals surface area contributed by atoms with Crippen LogP contribution >= 0.6 is 0 Å². The van der Waals surface area contributed by atoms with Gasteiger partial charge in [0.25, 0.3) is 0 Å². The van der Waals surface area contributed by atoms with E-state index in [1.807, 2.05) is 0 Å². The third-order valence-corrected chi connectivity index (χ3v) is 11.1. The summed E-state index contributed by atoms with van der Waals surface area (Å²) in [7, 11) is 0. The van der Waals surface area contributed by atoms with Crippen LogP contribution in [0.25, 0.3) is 60.9 Å². The average molecular weight is 650 g/mol. The summed E-state index contributed by atoms with van der Waals surface area (Å²) in [5, 5.41) is 2.45. The largest absolute Gasteiger partial charge is 0.456 e. The first-order valence-corrected chi connectivity index (χ1v) is 17.6. The van der Waals surface area contributed by atoms with Crippen molar-refractivity contribution in [1.82, 2.24) is 4.57 Å². The molecule has 9 aromatic rings. The molecule has 0 unspecified atom stereocenters. The zero-order valence-electron chi connectivity index (χ0n) is 27.8. The monoisotopic (exact) mass is 649 g/mol. The second-order valence-electron chi connectivity index (χ2n) is 13.6. The van der Waals surface area contributed by atoms with Gasteiger partial charge in [-0.25, -0.2) is 0 Å². The molecule has 0 saturated heterocycles. The summed E-state index contributed by atoms with van der Waals surface area (Å²) < 4.78 is 9.38. The van der Waals surface area contributed by atoms with Gasteiger partial charge in [-0.3, -0.25) is 0 Å². The Labute approximate surface area is 296 Å². The predicted octanol–water partition coefficient (Wildman–Crippen LogP) is 12.6. The van der Waals surface area contributed by atoms with Gasteiger partial charge in [0.15, 0.2) is 0 Å². The molecule has 1 spiro atoms. The Bertz CT molecular complexity index is 2780. The van der Waals surface area contributed by atoms with Crippen LogP contribution in [0.2, 0.25) is 0 Å². The highest BCUT2D eigenvalue weighted by Gasteiger charge is 2.51. The Morgan fingerprint density at radius 1 is 0.373 bits per heavy atom. The Balaban J connectivity index is 1.12. The topological polar surface area (TPSA) is 14.2 Å². The van der Waals surface area contributed by atoms with Gasteiger partial charge in [0, 0.05) is 33.2 Å². The standard InChI is InChI=1S/C49H31NO/c1-2-13-32(14-3-1)33-25-28-35(29-26-33)50-45-23-10-6-17-39(45)40-31-34(27-30-46(40)50)36-18-12-22-44-48(36)51-47-24-11-9-21-43(47)49(44)41-19-7-4-15-37(41)38-16-5-8-20-42(38)49/h1-31H. The van der Waals surface area contributed by atoms with Crippen LogP contribution in [0.4, 0.5) is 0 Å². The minimum atomic E-state index is -0.487. The zero-order valence-corrected chi connectivity index (χ0v) is 27.8. The lowest BCUT2D eigenvalue weighted by Gasteiger charge is -2.40. The fourth-order valence-corrected chi connectivity index (χ4v) is 8.96. The molecule has 2 nitrogen and oxygen atoms in total. The highest BCUT2D eigenvalue weighted by Crippen LogP contribution is 2.63. The summed E-state index contributed by atoms with van der Waals surface area (Å²) in [6.07, 6.45) is 0. The van der Waals surface area contributed by atoms with Crippen molar-refractivity contribution in [2.24, 2.45) is 0 Å². The predicted molar refractivity (Wildman–Crippen MR) is 209 cm³/mol. The number of benzene rings is 8. The number of aromatic nitrogens is 1. The third kappa shape index (κ3) is 3.87. The second kappa shape index (κ2) is 10.7. The molecular weight excluding hydrogens is 619 g/mol. The van der Waals surface area contributed by atoms with E-state index in [2.05, 4.69) is 193 Å². The van der Waals surface area contributed by atoms with E-state index in [0.29, 0.717) is 0 Å². The third-order valence-electron chi connectivity index (χ3n) is 11.1. The van der Waals surface area contributed by atoms with Crippen molar-refractivity contribution in [3.05, 3.63) is 210 Å². The molecule has 0 amide bonds. The van der Waals surface area contributed by atoms with Gasteiger partial charge in [0.2, 0.25) is 0 Å². The minimum Gasteiger partial charge on any atom is -0.456 e. The Kier molecular flexibility index (Phi) is 5.91. The van der Waals surface area contributed by atoms with Gasteiger partial charge >= 0.3 is 0 Å². The smallest absolute Gasteiger partial charge is 0.140 e. The van der Waals surface area contributed by atoms with Gasteiger partial charge < -0.3 is 9.30 Å². The molecule has 0 bridgehead atoms. The van der Waals surface area contributed by atoms with Crippen LogP contribution < -0.4 is 4.74 Å². The van der Waals surface area contributed by atoms with Crippen molar-refractivity contribution >= 4 is 21.8 Å². The number of hydrogen-bond acceptors (Lipinski definition) is 1. The molecule has 11 rings (SSSR count). The Morgan fingerprint density at radius 2 is 0.941 bits per heavy atom. The number of ether oxygens (including phenoxy) is 1. The lowest BCUT2D eigenvalue weighted by molar-refractivity contribution is 0.438. The molecule has 2 heteroatoms. The molecule has 1 aliphatic carbocycles. The fourth-order valence-electron chi connectivity index (χ4n) is 8.96. The number of para-hydroxylation sites is 3. The van der Waals surface area contributed by atoms with E-state index in [-0.39, 0.29) is 0 Å². The van der Waals surface area contributed by atoms with Crippen LogP contribution in [0, 0.1) is 0 Å². The molecule has 0 atom stereocenters. The summed E-state index contributed by atoms with van der Waals surface area (Å²) in [6.45, 7) is 0. The number of nitrogens with zero attached hydrogens (tertiary/aromatic N) is 1. The van der Waals surface area contributed by atoms with Crippen molar-refractivity contribution in [2.45, 2.75) is 5.41 Å². The van der Waals surface area contributed by atoms with Crippen molar-refractivity contribution in [3.63, 3.8) is 0 Å². The quantitative estimate of drug-likeness (QED) is 0.186. The first-order valence-electron chi connectivity index (χ1n) is 17.6. The van der Waals surface area contributed by atoms with Crippen LogP contribution in [0.1, 0.15) is 22.3 Å². The lowest BCUT2D eigenvalue weighted by atomic mass is 9.65. The van der Waals surface area contributed by atoms with E-state index >= 15 is 0 Å². The molecule has 8 aromatic carbocycles. The molecule has 238 valence electrons. The lowest BCUT2D eigenvalue weighted by Crippen LogP contribution is -2.32. The summed E-state index contributed by atoms with van der Waals surface area (Å²) >= 11 is 0. The molecule has 0 fully saturated rings. The molecule has 51 heavy (non-hydrogen) atoms. The molecule has 0 saturated carbocycles. The second-order valence-corrected chi connectivity index (χ2v) is 13.6. The first kappa shape index (κ1) is 28.2. The molecule has 0 radical (unpaired) electrons. The van der Waals surface area contributed by atoms with Gasteiger partial charge in [0.1, 0.15) is 11.5 Å². The van der Waals surface area contributed by atoms with E-state index in [1.54, 1.807) is 0 Å². The molecule has 2 aliphatic rings. The molecule has 1 aliphatic heterocycles. The van der Waals surface area contributed by atoms with Gasteiger partial charge in [-0.1, -0.05) is 152 Å². The summed E-state index contributed by atoms with van der Waals surface area (Å²) in [6, 6.07) is 68.2. The Hall–Kier alpha value is -6.64. The normalized spacial score (nSPS) is 13.4. The average Bonchev–Trinajstić information content (AvgIpc) is 3.69. The van der Waals surface area contributed by atoms with Gasteiger partial charge in [-0.15, -0.1) is 0 Å². The van der Waals surface area contributed by atoms with Crippen molar-refractivity contribution in [1.29, 1.82) is 0 Å². The maximum Gasteiger partial charge on any atom is 0.140 e. The van der Waals surface area contributed by atoms with Crippen LogP contribution in [-0.2, 0) is 5.41 Å². The molecular formula is C49H31NO. The van der Waals surface area contributed by atoms with Gasteiger partial charge in [0.05, 0.1) is 16.4 Å². The van der Waals surface area contributed by atoms with E-state index in [9.17, 15) is 0 Å². The summed E-state index contributed by atoms with van der Waals surface area (Å²) in [5.41, 5.74) is 15.2. The van der Waals surface area contributed by atoms with E-state index in [1.165, 1.54) is 66.3 Å². The van der Waals surface area contributed by atoms with Crippen molar-refractivity contribution in [2.75, 3.05) is 0 Å². The highest BCUT2D eigenvalue weighted by atomic mass is 16.5.